The van der Waals surface area contributed by atoms with Gasteiger partial charge in [-0.2, -0.15) is 5.10 Å². The van der Waals surface area contributed by atoms with Crippen LogP contribution in [0.1, 0.15) is 70.5 Å². The Balaban J connectivity index is 2.57. The fourth-order valence-corrected chi connectivity index (χ4v) is 2.35. The van der Waals surface area contributed by atoms with E-state index < -0.39 is 0 Å². The Labute approximate surface area is 116 Å². The lowest BCUT2D eigenvalue weighted by molar-refractivity contribution is 0.645. The molecule has 0 aliphatic carbocycles. The second kappa shape index (κ2) is 5.32. The zero-order chi connectivity index (χ0) is 14.2. The van der Waals surface area contributed by atoms with Crippen molar-refractivity contribution >= 4 is 5.52 Å². The normalized spacial score (nSPS) is 12.3. The Morgan fingerprint density at radius 1 is 1.05 bits per heavy atom. The van der Waals surface area contributed by atoms with Crippen LogP contribution in [0.5, 0.6) is 0 Å². The monoisotopic (exact) mass is 259 g/mol. The lowest BCUT2D eigenvalue weighted by atomic mass is 10.0. The van der Waals surface area contributed by atoms with Gasteiger partial charge in [-0.05, 0) is 29.9 Å². The fraction of sp³-hybridized carbons (Fsp3) is 0.625. The molecule has 0 aliphatic rings. The van der Waals surface area contributed by atoms with Gasteiger partial charge in [0.1, 0.15) is 0 Å². The van der Waals surface area contributed by atoms with Gasteiger partial charge in [-0.1, -0.05) is 41.5 Å². The molecule has 0 aromatic carbocycles. The average molecular weight is 259 g/mol. The molecule has 2 aromatic heterocycles. The fourth-order valence-electron chi connectivity index (χ4n) is 2.35. The first-order chi connectivity index (χ1) is 8.88. The van der Waals surface area contributed by atoms with Crippen molar-refractivity contribution in [1.29, 1.82) is 0 Å². The van der Waals surface area contributed by atoms with Gasteiger partial charge < -0.3 is 0 Å². The molecular formula is C16H25N3. The van der Waals surface area contributed by atoms with Gasteiger partial charge in [0.05, 0.1) is 11.2 Å². The molecule has 104 valence electrons. The largest absolute Gasteiger partial charge is 0.237 e. The summed E-state index contributed by atoms with van der Waals surface area (Å²) in [6, 6.07) is 2.25. The minimum absolute atomic E-state index is 0.359. The lowest BCUT2D eigenvalue weighted by Gasteiger charge is -2.11. The highest BCUT2D eigenvalue weighted by molar-refractivity contribution is 5.55. The molecule has 2 aromatic rings. The van der Waals surface area contributed by atoms with Crippen LogP contribution in [0.4, 0.5) is 0 Å². The van der Waals surface area contributed by atoms with Crippen LogP contribution in [0, 0.1) is 5.92 Å². The number of hydrogen-bond acceptors (Lipinski definition) is 2. The maximum Gasteiger partial charge on any atom is 0.152 e. The SMILES string of the molecule is CC(C)Cc1cc2c(C(C)C)nc(C(C)C)nn2c1. The summed E-state index contributed by atoms with van der Waals surface area (Å²) >= 11 is 0. The first kappa shape index (κ1) is 14.0. The van der Waals surface area contributed by atoms with E-state index in [0.29, 0.717) is 17.8 Å². The van der Waals surface area contributed by atoms with E-state index in [4.69, 9.17) is 4.98 Å². The molecule has 0 unspecified atom stereocenters. The molecule has 2 rings (SSSR count). The van der Waals surface area contributed by atoms with E-state index in [9.17, 15) is 0 Å². The quantitative estimate of drug-likeness (QED) is 0.824. The summed E-state index contributed by atoms with van der Waals surface area (Å²) < 4.78 is 2.02. The summed E-state index contributed by atoms with van der Waals surface area (Å²) in [6.45, 7) is 13.2. The van der Waals surface area contributed by atoms with E-state index in [-0.39, 0.29) is 0 Å². The van der Waals surface area contributed by atoms with Crippen LogP contribution in [0.15, 0.2) is 12.3 Å². The minimum atomic E-state index is 0.359. The Hall–Kier alpha value is -1.38. The summed E-state index contributed by atoms with van der Waals surface area (Å²) in [5.41, 5.74) is 3.68. The average Bonchev–Trinajstić information content (AvgIpc) is 2.67. The van der Waals surface area contributed by atoms with Crippen molar-refractivity contribution in [2.45, 2.75) is 59.8 Å². The maximum absolute atomic E-state index is 4.76. The number of fused-ring (bicyclic) bond motifs is 1. The molecule has 0 N–H and O–H groups in total. The molecule has 0 amide bonds. The van der Waals surface area contributed by atoms with Crippen LogP contribution in [-0.4, -0.2) is 14.6 Å². The van der Waals surface area contributed by atoms with Crippen molar-refractivity contribution in [3.63, 3.8) is 0 Å². The van der Waals surface area contributed by atoms with Crippen molar-refractivity contribution < 1.29 is 0 Å². The van der Waals surface area contributed by atoms with E-state index in [1.165, 1.54) is 5.56 Å². The molecule has 0 fully saturated rings. The zero-order valence-corrected chi connectivity index (χ0v) is 12.9. The van der Waals surface area contributed by atoms with Crippen LogP contribution < -0.4 is 0 Å². The molecule has 0 saturated carbocycles. The van der Waals surface area contributed by atoms with Gasteiger partial charge in [0, 0.05) is 12.1 Å². The molecule has 0 aliphatic heterocycles. The van der Waals surface area contributed by atoms with Gasteiger partial charge in [-0.15, -0.1) is 0 Å². The van der Waals surface area contributed by atoms with E-state index in [1.54, 1.807) is 0 Å². The van der Waals surface area contributed by atoms with Gasteiger partial charge in [0.15, 0.2) is 5.82 Å². The van der Waals surface area contributed by atoms with E-state index >= 15 is 0 Å². The molecule has 0 bridgehead atoms. The summed E-state index contributed by atoms with van der Waals surface area (Å²) in [7, 11) is 0. The highest BCUT2D eigenvalue weighted by atomic mass is 15.2. The number of nitrogens with zero attached hydrogens (tertiary/aromatic N) is 3. The number of rotatable bonds is 4. The van der Waals surface area contributed by atoms with Crippen molar-refractivity contribution in [3.05, 3.63) is 29.3 Å². The number of hydrogen-bond donors (Lipinski definition) is 0. The lowest BCUT2D eigenvalue weighted by Crippen LogP contribution is -2.08. The predicted molar refractivity (Wildman–Crippen MR) is 79.7 cm³/mol. The first-order valence-corrected chi connectivity index (χ1v) is 7.27. The van der Waals surface area contributed by atoms with Gasteiger partial charge in [-0.25, -0.2) is 9.50 Å². The highest BCUT2D eigenvalue weighted by Crippen LogP contribution is 2.23. The molecular weight excluding hydrogens is 234 g/mol. The van der Waals surface area contributed by atoms with Crippen LogP contribution in [0.3, 0.4) is 0 Å². The Bertz CT molecular complexity index is 565. The van der Waals surface area contributed by atoms with Crippen molar-refractivity contribution in [2.75, 3.05) is 0 Å². The Morgan fingerprint density at radius 3 is 2.26 bits per heavy atom. The summed E-state index contributed by atoms with van der Waals surface area (Å²) in [6.07, 6.45) is 3.26. The van der Waals surface area contributed by atoms with E-state index in [2.05, 4.69) is 58.9 Å². The first-order valence-electron chi connectivity index (χ1n) is 7.27. The van der Waals surface area contributed by atoms with Crippen LogP contribution >= 0.6 is 0 Å². The standard InChI is InChI=1S/C16H25N3/c1-10(2)7-13-8-14-15(11(3)4)17-16(12(5)6)18-19(14)9-13/h8-12H,7H2,1-6H3. The van der Waals surface area contributed by atoms with Gasteiger partial charge in [0.25, 0.3) is 0 Å². The zero-order valence-electron chi connectivity index (χ0n) is 12.9. The molecule has 0 spiro atoms. The Morgan fingerprint density at radius 2 is 1.74 bits per heavy atom. The molecule has 0 saturated heterocycles. The second-order valence-corrected chi connectivity index (χ2v) is 6.44. The smallest absolute Gasteiger partial charge is 0.152 e. The van der Waals surface area contributed by atoms with Crippen molar-refractivity contribution in [2.24, 2.45) is 5.92 Å². The third-order valence-corrected chi connectivity index (χ3v) is 3.27. The maximum atomic E-state index is 4.76. The second-order valence-electron chi connectivity index (χ2n) is 6.44. The van der Waals surface area contributed by atoms with Crippen molar-refractivity contribution in [1.82, 2.24) is 14.6 Å². The molecule has 2 heterocycles. The third-order valence-electron chi connectivity index (χ3n) is 3.27. The minimum Gasteiger partial charge on any atom is -0.237 e. The van der Waals surface area contributed by atoms with Gasteiger partial charge in [-0.3, -0.25) is 0 Å². The third kappa shape index (κ3) is 2.96. The Kier molecular flexibility index (Phi) is 3.93. The predicted octanol–water partition coefficient (Wildman–Crippen LogP) is 4.17. The van der Waals surface area contributed by atoms with Crippen LogP contribution in [0.25, 0.3) is 5.52 Å². The summed E-state index contributed by atoms with van der Waals surface area (Å²) in [5, 5.41) is 4.65. The molecule has 3 heteroatoms. The number of aromatic nitrogens is 3. The summed E-state index contributed by atoms with van der Waals surface area (Å²) in [5.74, 6) is 2.38. The molecule has 0 atom stereocenters. The van der Waals surface area contributed by atoms with E-state index in [0.717, 1.165) is 23.5 Å². The van der Waals surface area contributed by atoms with Gasteiger partial charge in [0.2, 0.25) is 0 Å². The molecule has 19 heavy (non-hydrogen) atoms. The topological polar surface area (TPSA) is 30.2 Å². The van der Waals surface area contributed by atoms with E-state index in [1.807, 2.05) is 4.52 Å². The summed E-state index contributed by atoms with van der Waals surface area (Å²) in [4.78, 5) is 4.76. The van der Waals surface area contributed by atoms with Crippen LogP contribution in [-0.2, 0) is 6.42 Å². The molecule has 3 nitrogen and oxygen atoms in total. The molecule has 0 radical (unpaired) electrons. The highest BCUT2D eigenvalue weighted by Gasteiger charge is 2.14. The van der Waals surface area contributed by atoms with Crippen molar-refractivity contribution in [3.8, 4) is 0 Å². The van der Waals surface area contributed by atoms with Crippen LogP contribution in [0.2, 0.25) is 0 Å². The van der Waals surface area contributed by atoms with Gasteiger partial charge >= 0.3 is 0 Å².